The first-order valence-corrected chi connectivity index (χ1v) is 6.36. The predicted octanol–water partition coefficient (Wildman–Crippen LogP) is 0.879. The summed E-state index contributed by atoms with van der Waals surface area (Å²) in [7, 11) is 1.75. The van der Waals surface area contributed by atoms with Crippen molar-refractivity contribution in [3.8, 4) is 0 Å². The molecule has 6 nitrogen and oxygen atoms in total. The average molecular weight is 256 g/mol. The Labute approximate surface area is 104 Å². The van der Waals surface area contributed by atoms with Gasteiger partial charge in [-0.1, -0.05) is 11.3 Å². The van der Waals surface area contributed by atoms with Crippen molar-refractivity contribution >= 4 is 22.4 Å². The zero-order chi connectivity index (χ0) is 12.3. The number of aromatic nitrogens is 2. The molecule has 7 heteroatoms. The van der Waals surface area contributed by atoms with Gasteiger partial charge in [0.25, 0.3) is 5.91 Å². The van der Waals surface area contributed by atoms with Gasteiger partial charge in [0, 0.05) is 25.8 Å². The van der Waals surface area contributed by atoms with Gasteiger partial charge in [0.1, 0.15) is 0 Å². The van der Waals surface area contributed by atoms with Gasteiger partial charge < -0.3 is 15.4 Å². The van der Waals surface area contributed by atoms with E-state index in [0.717, 1.165) is 12.8 Å². The van der Waals surface area contributed by atoms with Crippen LogP contribution in [-0.4, -0.2) is 41.9 Å². The van der Waals surface area contributed by atoms with Gasteiger partial charge in [-0.05, 0) is 19.8 Å². The molecular weight excluding hydrogens is 240 g/mol. The summed E-state index contributed by atoms with van der Waals surface area (Å²) in [6, 6.07) is 0. The van der Waals surface area contributed by atoms with Crippen molar-refractivity contribution in [1.29, 1.82) is 0 Å². The van der Waals surface area contributed by atoms with Crippen LogP contribution in [0.5, 0.6) is 0 Å². The molecule has 1 aliphatic rings. The molecule has 94 valence electrons. The second-order valence-electron chi connectivity index (χ2n) is 4.29. The molecule has 1 fully saturated rings. The van der Waals surface area contributed by atoms with E-state index in [4.69, 9.17) is 4.74 Å². The zero-order valence-corrected chi connectivity index (χ0v) is 10.8. The van der Waals surface area contributed by atoms with Gasteiger partial charge >= 0.3 is 0 Å². The van der Waals surface area contributed by atoms with E-state index in [1.54, 1.807) is 7.05 Å². The van der Waals surface area contributed by atoms with E-state index in [1.807, 2.05) is 6.92 Å². The highest BCUT2D eigenvalue weighted by Crippen LogP contribution is 2.21. The van der Waals surface area contributed by atoms with Crippen molar-refractivity contribution in [3.63, 3.8) is 0 Å². The van der Waals surface area contributed by atoms with Crippen LogP contribution >= 0.6 is 11.3 Å². The second-order valence-corrected chi connectivity index (χ2v) is 5.27. The van der Waals surface area contributed by atoms with Gasteiger partial charge in [0.05, 0.1) is 0 Å². The highest BCUT2D eigenvalue weighted by atomic mass is 32.1. The fourth-order valence-electron chi connectivity index (χ4n) is 1.69. The molecule has 2 rings (SSSR count). The molecular formula is C10H16N4O2S. The summed E-state index contributed by atoms with van der Waals surface area (Å²) in [6.07, 6.45) is 1.66. The van der Waals surface area contributed by atoms with Gasteiger partial charge in [-0.2, -0.15) is 0 Å². The molecule has 0 saturated carbocycles. The molecule has 17 heavy (non-hydrogen) atoms. The Bertz CT molecular complexity index is 401. The third-order valence-electron chi connectivity index (χ3n) is 2.84. The third kappa shape index (κ3) is 2.92. The number of nitrogens with one attached hydrogen (secondary N) is 2. The lowest BCUT2D eigenvalue weighted by molar-refractivity contribution is 0.0422. The van der Waals surface area contributed by atoms with Crippen LogP contribution in [-0.2, 0) is 4.74 Å². The highest BCUT2D eigenvalue weighted by molar-refractivity contribution is 7.17. The van der Waals surface area contributed by atoms with E-state index < -0.39 is 0 Å². The number of nitrogens with zero attached hydrogens (tertiary/aromatic N) is 2. The van der Waals surface area contributed by atoms with E-state index in [-0.39, 0.29) is 11.4 Å². The van der Waals surface area contributed by atoms with Crippen molar-refractivity contribution < 1.29 is 9.53 Å². The van der Waals surface area contributed by atoms with Crippen molar-refractivity contribution in [2.75, 3.05) is 25.6 Å². The van der Waals surface area contributed by atoms with Crippen LogP contribution in [0.15, 0.2) is 0 Å². The van der Waals surface area contributed by atoms with E-state index in [9.17, 15) is 4.79 Å². The quantitative estimate of drug-likeness (QED) is 0.839. The Morgan fingerprint density at radius 3 is 2.71 bits per heavy atom. The Morgan fingerprint density at radius 1 is 1.41 bits per heavy atom. The van der Waals surface area contributed by atoms with Crippen LogP contribution in [0.3, 0.4) is 0 Å². The summed E-state index contributed by atoms with van der Waals surface area (Å²) in [5.41, 5.74) is -0.194. The standard InChI is InChI=1S/C10H16N4O2S/c1-10(3-5-16-6-4-10)12-7(15)8-13-14-9(11-2)17-8/h3-6H2,1-2H3,(H,11,14)(H,12,15). The summed E-state index contributed by atoms with van der Waals surface area (Å²) < 4.78 is 5.29. The van der Waals surface area contributed by atoms with Crippen LogP contribution in [0.1, 0.15) is 29.6 Å². The number of amides is 1. The van der Waals surface area contributed by atoms with Crippen LogP contribution in [0.2, 0.25) is 0 Å². The van der Waals surface area contributed by atoms with Crippen LogP contribution in [0.25, 0.3) is 0 Å². The molecule has 0 aromatic carbocycles. The smallest absolute Gasteiger partial charge is 0.282 e. The lowest BCUT2D eigenvalue weighted by Crippen LogP contribution is -2.49. The largest absolute Gasteiger partial charge is 0.381 e. The Kier molecular flexibility index (Phi) is 3.58. The van der Waals surface area contributed by atoms with Crippen LogP contribution in [0.4, 0.5) is 5.13 Å². The lowest BCUT2D eigenvalue weighted by atomic mass is 9.92. The van der Waals surface area contributed by atoms with Gasteiger partial charge in [0.15, 0.2) is 0 Å². The molecule has 0 aliphatic carbocycles. The number of ether oxygens (including phenoxy) is 1. The Morgan fingerprint density at radius 2 is 2.12 bits per heavy atom. The first-order valence-electron chi connectivity index (χ1n) is 5.54. The summed E-state index contributed by atoms with van der Waals surface area (Å²) in [5, 5.41) is 14.6. The molecule has 2 heterocycles. The SMILES string of the molecule is CNc1nnc(C(=O)NC2(C)CCOCC2)s1. The van der Waals surface area contributed by atoms with E-state index in [0.29, 0.717) is 23.4 Å². The predicted molar refractivity (Wildman–Crippen MR) is 65.4 cm³/mol. The van der Waals surface area contributed by atoms with Crippen LogP contribution in [0, 0.1) is 0 Å². The Hall–Kier alpha value is -1.21. The highest BCUT2D eigenvalue weighted by Gasteiger charge is 2.30. The average Bonchev–Trinajstić information content (AvgIpc) is 2.78. The van der Waals surface area contributed by atoms with Gasteiger partial charge in [-0.25, -0.2) is 0 Å². The lowest BCUT2D eigenvalue weighted by Gasteiger charge is -2.34. The first kappa shape index (κ1) is 12.3. The fourth-order valence-corrected chi connectivity index (χ4v) is 2.28. The maximum atomic E-state index is 12.0. The van der Waals surface area contributed by atoms with E-state index in [2.05, 4.69) is 20.8 Å². The molecule has 1 aliphatic heterocycles. The molecule has 1 aromatic rings. The number of carbonyl (C=O) groups is 1. The molecule has 1 saturated heterocycles. The minimum atomic E-state index is -0.194. The molecule has 0 bridgehead atoms. The normalized spacial score (nSPS) is 18.7. The van der Waals surface area contributed by atoms with Gasteiger partial charge in [-0.15, -0.1) is 10.2 Å². The summed E-state index contributed by atoms with van der Waals surface area (Å²) in [4.78, 5) is 12.0. The monoisotopic (exact) mass is 256 g/mol. The van der Waals surface area contributed by atoms with E-state index in [1.165, 1.54) is 11.3 Å². The Balaban J connectivity index is 2.00. The van der Waals surface area contributed by atoms with Gasteiger partial charge in [0.2, 0.25) is 10.1 Å². The van der Waals surface area contributed by atoms with Crippen molar-refractivity contribution in [1.82, 2.24) is 15.5 Å². The number of hydrogen-bond donors (Lipinski definition) is 2. The van der Waals surface area contributed by atoms with Crippen LogP contribution < -0.4 is 10.6 Å². The van der Waals surface area contributed by atoms with Crippen molar-refractivity contribution in [3.05, 3.63) is 5.01 Å². The first-order chi connectivity index (χ1) is 8.13. The molecule has 0 spiro atoms. The second kappa shape index (κ2) is 4.97. The number of hydrogen-bond acceptors (Lipinski definition) is 6. The molecule has 1 amide bonds. The fraction of sp³-hybridized carbons (Fsp3) is 0.700. The summed E-state index contributed by atoms with van der Waals surface area (Å²) >= 11 is 1.25. The minimum absolute atomic E-state index is 0.159. The number of anilines is 1. The minimum Gasteiger partial charge on any atom is -0.381 e. The molecule has 0 atom stereocenters. The molecule has 2 N–H and O–H groups in total. The maximum absolute atomic E-state index is 12.0. The maximum Gasteiger partial charge on any atom is 0.282 e. The summed E-state index contributed by atoms with van der Waals surface area (Å²) in [6.45, 7) is 3.41. The van der Waals surface area contributed by atoms with Crippen molar-refractivity contribution in [2.24, 2.45) is 0 Å². The number of rotatable bonds is 3. The molecule has 0 radical (unpaired) electrons. The van der Waals surface area contributed by atoms with Crippen molar-refractivity contribution in [2.45, 2.75) is 25.3 Å². The number of carbonyl (C=O) groups excluding carboxylic acids is 1. The summed E-state index contributed by atoms with van der Waals surface area (Å²) in [5.74, 6) is -0.159. The van der Waals surface area contributed by atoms with E-state index >= 15 is 0 Å². The third-order valence-corrected chi connectivity index (χ3v) is 3.78. The topological polar surface area (TPSA) is 76.1 Å². The van der Waals surface area contributed by atoms with Gasteiger partial charge in [-0.3, -0.25) is 4.79 Å². The molecule has 0 unspecified atom stereocenters. The zero-order valence-electron chi connectivity index (χ0n) is 9.95. The molecule has 1 aromatic heterocycles.